The summed E-state index contributed by atoms with van der Waals surface area (Å²) in [7, 11) is 0. The molecule has 0 aliphatic heterocycles. The van der Waals surface area contributed by atoms with Crippen LogP contribution in [0.25, 0.3) is 10.9 Å². The van der Waals surface area contributed by atoms with Crippen LogP contribution in [0, 0.1) is 11.3 Å². The fourth-order valence-electron chi connectivity index (χ4n) is 2.93. The Hall–Kier alpha value is -2.08. The lowest BCUT2D eigenvalue weighted by Gasteiger charge is -2.13. The third kappa shape index (κ3) is 1.62. The highest BCUT2D eigenvalue weighted by Crippen LogP contribution is 2.34. The van der Waals surface area contributed by atoms with Crippen LogP contribution in [0.2, 0.25) is 0 Å². The van der Waals surface area contributed by atoms with Gasteiger partial charge in [0, 0.05) is 28.7 Å². The summed E-state index contributed by atoms with van der Waals surface area (Å²) in [4.78, 5) is 11.2. The van der Waals surface area contributed by atoms with E-state index in [0.29, 0.717) is 17.2 Å². The Labute approximate surface area is 106 Å². The molecule has 18 heavy (non-hydrogen) atoms. The predicted molar refractivity (Wildman–Crippen MR) is 69.5 cm³/mol. The quantitative estimate of drug-likeness (QED) is 0.752. The molecule has 1 saturated carbocycles. The summed E-state index contributed by atoms with van der Waals surface area (Å²) in [6, 6.07) is 8.22. The minimum atomic E-state index is 0.508. The molecule has 0 radical (unpaired) electrons. The van der Waals surface area contributed by atoms with Gasteiger partial charge in [-0.25, -0.2) is 0 Å². The van der Waals surface area contributed by atoms with Gasteiger partial charge in [0.1, 0.15) is 0 Å². The number of benzene rings is 1. The molecule has 1 aromatic heterocycles. The summed E-state index contributed by atoms with van der Waals surface area (Å²) in [5, 5.41) is 9.83. The van der Waals surface area contributed by atoms with Gasteiger partial charge in [-0.3, -0.25) is 4.79 Å². The van der Waals surface area contributed by atoms with Gasteiger partial charge in [0.25, 0.3) is 0 Å². The molecular weight excluding hydrogens is 224 g/mol. The van der Waals surface area contributed by atoms with Crippen LogP contribution in [0.5, 0.6) is 0 Å². The van der Waals surface area contributed by atoms with E-state index in [1.54, 1.807) is 0 Å². The highest BCUT2D eigenvalue weighted by Gasteiger charge is 2.20. The molecule has 1 heterocycles. The van der Waals surface area contributed by atoms with Gasteiger partial charge in [-0.15, -0.1) is 0 Å². The van der Waals surface area contributed by atoms with Crippen molar-refractivity contribution >= 4 is 17.2 Å². The molecule has 90 valence electrons. The molecule has 1 fully saturated rings. The van der Waals surface area contributed by atoms with Crippen LogP contribution < -0.4 is 0 Å². The minimum absolute atomic E-state index is 0.508. The van der Waals surface area contributed by atoms with Crippen molar-refractivity contribution in [3.05, 3.63) is 35.5 Å². The first-order valence-corrected chi connectivity index (χ1v) is 6.33. The van der Waals surface area contributed by atoms with Crippen LogP contribution in [0.3, 0.4) is 0 Å². The zero-order valence-corrected chi connectivity index (χ0v) is 10.1. The third-order valence-corrected chi connectivity index (χ3v) is 3.84. The molecule has 1 aliphatic rings. The van der Waals surface area contributed by atoms with Gasteiger partial charge >= 0.3 is 0 Å². The van der Waals surface area contributed by atoms with E-state index in [9.17, 15) is 4.79 Å². The molecule has 0 N–H and O–H groups in total. The Kier molecular flexibility index (Phi) is 2.64. The molecule has 3 heteroatoms. The first-order chi connectivity index (χ1) is 8.83. The number of aromatic nitrogens is 1. The Balaban J connectivity index is 2.21. The number of nitriles is 1. The second-order valence-corrected chi connectivity index (χ2v) is 4.89. The fourth-order valence-corrected chi connectivity index (χ4v) is 2.93. The second-order valence-electron chi connectivity index (χ2n) is 4.89. The van der Waals surface area contributed by atoms with E-state index in [-0.39, 0.29) is 0 Å². The molecule has 0 bridgehead atoms. The number of aldehydes is 1. The van der Waals surface area contributed by atoms with E-state index in [1.807, 2.05) is 24.4 Å². The first-order valence-electron chi connectivity index (χ1n) is 6.33. The van der Waals surface area contributed by atoms with E-state index in [4.69, 9.17) is 5.26 Å². The van der Waals surface area contributed by atoms with Gasteiger partial charge in [-0.2, -0.15) is 5.26 Å². The standard InChI is InChI=1S/C15H14N2O/c16-8-11-5-6-15-14(7-11)12(10-18)9-17(15)13-3-1-2-4-13/h5-7,9-10,13H,1-4H2. The monoisotopic (exact) mass is 238 g/mol. The van der Waals surface area contributed by atoms with Gasteiger partial charge in [-0.05, 0) is 31.0 Å². The topological polar surface area (TPSA) is 45.8 Å². The van der Waals surface area contributed by atoms with E-state index in [0.717, 1.165) is 17.2 Å². The summed E-state index contributed by atoms with van der Waals surface area (Å²) in [5.74, 6) is 0. The normalized spacial score (nSPS) is 15.9. The fraction of sp³-hybridized carbons (Fsp3) is 0.333. The molecule has 1 aliphatic carbocycles. The molecule has 0 amide bonds. The third-order valence-electron chi connectivity index (χ3n) is 3.84. The van der Waals surface area contributed by atoms with Crippen LogP contribution in [-0.2, 0) is 0 Å². The van der Waals surface area contributed by atoms with E-state index in [1.165, 1.54) is 25.7 Å². The van der Waals surface area contributed by atoms with Crippen molar-refractivity contribution < 1.29 is 4.79 Å². The average Bonchev–Trinajstić information content (AvgIpc) is 3.04. The van der Waals surface area contributed by atoms with Crippen molar-refractivity contribution in [2.45, 2.75) is 31.7 Å². The Bertz CT molecular complexity index is 642. The highest BCUT2D eigenvalue weighted by molar-refractivity contribution is 5.98. The minimum Gasteiger partial charge on any atom is -0.344 e. The lowest BCUT2D eigenvalue weighted by Crippen LogP contribution is -2.02. The number of rotatable bonds is 2. The number of hydrogen-bond donors (Lipinski definition) is 0. The van der Waals surface area contributed by atoms with Crippen LogP contribution in [0.4, 0.5) is 0 Å². The maximum Gasteiger partial charge on any atom is 0.152 e. The zero-order valence-electron chi connectivity index (χ0n) is 10.1. The van der Waals surface area contributed by atoms with Crippen LogP contribution in [-0.4, -0.2) is 10.9 Å². The molecule has 3 rings (SSSR count). The SMILES string of the molecule is N#Cc1ccc2c(c1)c(C=O)cn2C1CCCC1. The molecule has 0 saturated heterocycles. The summed E-state index contributed by atoms with van der Waals surface area (Å²) < 4.78 is 2.22. The number of carbonyl (C=O) groups is 1. The maximum atomic E-state index is 11.2. The number of hydrogen-bond acceptors (Lipinski definition) is 2. The summed E-state index contributed by atoms with van der Waals surface area (Å²) in [6.45, 7) is 0. The number of nitrogens with zero attached hydrogens (tertiary/aromatic N) is 2. The molecule has 2 aromatic rings. The summed E-state index contributed by atoms with van der Waals surface area (Å²) >= 11 is 0. The van der Waals surface area contributed by atoms with Gasteiger partial charge < -0.3 is 4.57 Å². The van der Waals surface area contributed by atoms with Gasteiger partial charge in [-0.1, -0.05) is 12.8 Å². The van der Waals surface area contributed by atoms with Crippen molar-refractivity contribution in [3.8, 4) is 6.07 Å². The second kappa shape index (κ2) is 4.30. The average molecular weight is 238 g/mol. The zero-order chi connectivity index (χ0) is 12.5. The Morgan fingerprint density at radius 2 is 2.11 bits per heavy atom. The Morgan fingerprint density at radius 1 is 1.33 bits per heavy atom. The molecular formula is C15H14N2O. The van der Waals surface area contributed by atoms with E-state index < -0.39 is 0 Å². The van der Waals surface area contributed by atoms with Crippen molar-refractivity contribution in [2.75, 3.05) is 0 Å². The molecule has 3 nitrogen and oxygen atoms in total. The maximum absolute atomic E-state index is 11.2. The Morgan fingerprint density at radius 3 is 2.78 bits per heavy atom. The molecule has 1 aromatic carbocycles. The van der Waals surface area contributed by atoms with Gasteiger partial charge in [0.15, 0.2) is 6.29 Å². The van der Waals surface area contributed by atoms with Crippen molar-refractivity contribution in [1.82, 2.24) is 4.57 Å². The molecule has 0 atom stereocenters. The number of fused-ring (bicyclic) bond motifs is 1. The van der Waals surface area contributed by atoms with Crippen molar-refractivity contribution in [2.24, 2.45) is 0 Å². The number of carbonyl (C=O) groups excluding carboxylic acids is 1. The van der Waals surface area contributed by atoms with Crippen LogP contribution in [0.15, 0.2) is 24.4 Å². The van der Waals surface area contributed by atoms with Crippen LogP contribution >= 0.6 is 0 Å². The largest absolute Gasteiger partial charge is 0.344 e. The first kappa shape index (κ1) is 11.0. The van der Waals surface area contributed by atoms with E-state index in [2.05, 4.69) is 10.6 Å². The predicted octanol–water partition coefficient (Wildman–Crippen LogP) is 3.44. The smallest absolute Gasteiger partial charge is 0.152 e. The van der Waals surface area contributed by atoms with E-state index >= 15 is 0 Å². The summed E-state index contributed by atoms with van der Waals surface area (Å²) in [6.07, 6.45) is 7.71. The molecule has 0 unspecified atom stereocenters. The lowest BCUT2D eigenvalue weighted by molar-refractivity contribution is 0.112. The van der Waals surface area contributed by atoms with Gasteiger partial charge in [0.05, 0.1) is 11.6 Å². The van der Waals surface area contributed by atoms with Crippen LogP contribution in [0.1, 0.15) is 47.6 Å². The lowest BCUT2D eigenvalue weighted by atomic mass is 10.1. The summed E-state index contributed by atoms with van der Waals surface area (Å²) in [5.41, 5.74) is 2.37. The highest BCUT2D eigenvalue weighted by atomic mass is 16.1. The van der Waals surface area contributed by atoms with Crippen molar-refractivity contribution in [3.63, 3.8) is 0 Å². The van der Waals surface area contributed by atoms with Crippen molar-refractivity contribution in [1.29, 1.82) is 5.26 Å². The molecule has 0 spiro atoms. The van der Waals surface area contributed by atoms with Gasteiger partial charge in [0.2, 0.25) is 0 Å².